The fourth-order valence-corrected chi connectivity index (χ4v) is 4.62. The van der Waals surface area contributed by atoms with Gasteiger partial charge in [0.15, 0.2) is 0 Å². The van der Waals surface area contributed by atoms with E-state index >= 15 is 0 Å². The van der Waals surface area contributed by atoms with Crippen molar-refractivity contribution in [3.63, 3.8) is 0 Å². The first-order valence-corrected chi connectivity index (χ1v) is 8.87. The van der Waals surface area contributed by atoms with Gasteiger partial charge in [-0.1, -0.05) is 41.5 Å². The highest BCUT2D eigenvalue weighted by Crippen LogP contribution is 2.55. The smallest absolute Gasteiger partial charge is 0.131 e. The van der Waals surface area contributed by atoms with E-state index in [0.717, 1.165) is 41.9 Å². The molecule has 25 heavy (non-hydrogen) atoms. The van der Waals surface area contributed by atoms with Gasteiger partial charge >= 0.3 is 0 Å². The lowest BCUT2D eigenvalue weighted by Gasteiger charge is -2.29. The number of halogens is 2. The molecule has 0 bridgehead atoms. The maximum Gasteiger partial charge on any atom is 0.131 e. The van der Waals surface area contributed by atoms with E-state index in [4.69, 9.17) is 5.53 Å². The lowest BCUT2D eigenvalue weighted by atomic mass is 9.90. The Hall–Kier alpha value is -2.30. The van der Waals surface area contributed by atoms with Crippen LogP contribution in [0.3, 0.4) is 0 Å². The van der Waals surface area contributed by atoms with Gasteiger partial charge in [-0.3, -0.25) is 0 Å². The van der Waals surface area contributed by atoms with Gasteiger partial charge in [-0.25, -0.2) is 8.78 Å². The monoisotopic (exact) mass is 357 g/mol. The second-order valence-corrected chi connectivity index (χ2v) is 7.34. The summed E-state index contributed by atoms with van der Waals surface area (Å²) in [5.74, 6) is -0.864. The number of allylic oxidation sites excluding steroid dienone is 1. The number of thioether (sulfide) groups is 1. The van der Waals surface area contributed by atoms with Crippen molar-refractivity contribution < 1.29 is 8.78 Å². The standard InChI is InChI=1S/C19H17F2N3S/c20-15-7-8-17(21)16(13-15)18-9-11-19(25-18,10-4-12-23-24-22)14-5-2-1-3-6-14/h1-3,5-9,13H,4,10-12H2. The Morgan fingerprint density at radius 2 is 1.96 bits per heavy atom. The molecule has 0 amide bonds. The molecular weight excluding hydrogens is 340 g/mol. The van der Waals surface area contributed by atoms with Crippen molar-refractivity contribution >= 4 is 16.7 Å². The lowest BCUT2D eigenvalue weighted by Crippen LogP contribution is -2.19. The number of nitrogens with zero attached hydrogens (tertiary/aromatic N) is 3. The minimum atomic E-state index is -0.446. The van der Waals surface area contributed by atoms with E-state index in [1.807, 2.05) is 24.3 Å². The first-order chi connectivity index (χ1) is 12.1. The van der Waals surface area contributed by atoms with Crippen LogP contribution in [-0.4, -0.2) is 6.54 Å². The molecule has 1 aliphatic heterocycles. The first-order valence-electron chi connectivity index (χ1n) is 8.06. The summed E-state index contributed by atoms with van der Waals surface area (Å²) in [4.78, 5) is 3.55. The predicted octanol–water partition coefficient (Wildman–Crippen LogP) is 6.43. The van der Waals surface area contributed by atoms with Crippen LogP contribution in [0.25, 0.3) is 15.3 Å². The van der Waals surface area contributed by atoms with E-state index in [0.29, 0.717) is 12.1 Å². The topological polar surface area (TPSA) is 48.8 Å². The molecule has 0 aliphatic carbocycles. The van der Waals surface area contributed by atoms with Gasteiger partial charge in [-0.15, -0.1) is 11.8 Å². The Morgan fingerprint density at radius 1 is 1.16 bits per heavy atom. The molecule has 128 valence electrons. The summed E-state index contributed by atoms with van der Waals surface area (Å²) in [5, 5.41) is 3.61. The molecule has 1 atom stereocenters. The van der Waals surface area contributed by atoms with E-state index in [1.54, 1.807) is 11.8 Å². The summed E-state index contributed by atoms with van der Waals surface area (Å²) in [6.07, 6.45) is 4.22. The van der Waals surface area contributed by atoms with E-state index in [9.17, 15) is 8.78 Å². The van der Waals surface area contributed by atoms with E-state index in [1.165, 1.54) is 6.07 Å². The van der Waals surface area contributed by atoms with E-state index < -0.39 is 11.6 Å². The van der Waals surface area contributed by atoms with Crippen LogP contribution in [-0.2, 0) is 4.75 Å². The third-order valence-electron chi connectivity index (χ3n) is 4.32. The zero-order chi connectivity index (χ0) is 17.7. The Bertz CT molecular complexity index is 832. The summed E-state index contributed by atoms with van der Waals surface area (Å²) in [7, 11) is 0. The number of hydrogen-bond donors (Lipinski definition) is 0. The van der Waals surface area contributed by atoms with E-state index in [2.05, 4.69) is 22.2 Å². The van der Waals surface area contributed by atoms with Crippen LogP contribution in [0, 0.1) is 11.6 Å². The summed E-state index contributed by atoms with van der Waals surface area (Å²) in [6.45, 7) is 0.426. The van der Waals surface area contributed by atoms with Crippen molar-refractivity contribution in [3.8, 4) is 0 Å². The van der Waals surface area contributed by atoms with Crippen LogP contribution in [0.2, 0.25) is 0 Å². The third kappa shape index (κ3) is 3.86. The van der Waals surface area contributed by atoms with Gasteiger partial charge in [0.2, 0.25) is 0 Å². The van der Waals surface area contributed by atoms with Crippen LogP contribution in [0.5, 0.6) is 0 Å². The molecule has 2 aromatic carbocycles. The molecule has 1 unspecified atom stereocenters. The molecule has 0 aromatic heterocycles. The zero-order valence-corrected chi connectivity index (χ0v) is 14.3. The van der Waals surface area contributed by atoms with Crippen molar-refractivity contribution in [2.45, 2.75) is 24.0 Å². The zero-order valence-electron chi connectivity index (χ0n) is 13.5. The van der Waals surface area contributed by atoms with Gasteiger partial charge in [0.1, 0.15) is 11.6 Å². The molecule has 3 rings (SSSR count). The minimum Gasteiger partial charge on any atom is -0.207 e. The van der Waals surface area contributed by atoms with Gasteiger partial charge in [0.05, 0.1) is 0 Å². The van der Waals surface area contributed by atoms with Crippen LogP contribution in [0.4, 0.5) is 8.78 Å². The average molecular weight is 357 g/mol. The van der Waals surface area contributed by atoms with Crippen molar-refractivity contribution in [1.82, 2.24) is 0 Å². The highest BCUT2D eigenvalue weighted by atomic mass is 32.2. The SMILES string of the molecule is [N-]=[N+]=NCCCC1(c2ccccc2)CC=C(c2cc(F)ccc2F)S1. The molecule has 0 saturated carbocycles. The van der Waals surface area contributed by atoms with Gasteiger partial charge in [-0.05, 0) is 48.6 Å². The Labute approximate surface area is 149 Å². The summed E-state index contributed by atoms with van der Waals surface area (Å²) in [5.41, 5.74) is 9.90. The molecule has 2 aromatic rings. The quantitative estimate of drug-likeness (QED) is 0.254. The Kier molecular flexibility index (Phi) is 5.41. The van der Waals surface area contributed by atoms with Crippen molar-refractivity contribution in [1.29, 1.82) is 0 Å². The fraction of sp³-hybridized carbons (Fsp3) is 0.263. The number of benzene rings is 2. The van der Waals surface area contributed by atoms with Gasteiger partial charge in [0.25, 0.3) is 0 Å². The molecule has 0 saturated heterocycles. The van der Waals surface area contributed by atoms with Crippen LogP contribution >= 0.6 is 11.8 Å². The van der Waals surface area contributed by atoms with Gasteiger partial charge in [0, 0.05) is 26.7 Å². The molecule has 1 aliphatic rings. The minimum absolute atomic E-state index is 0.250. The second kappa shape index (κ2) is 7.72. The van der Waals surface area contributed by atoms with Crippen molar-refractivity contribution in [3.05, 3.63) is 87.8 Å². The number of azide groups is 1. The first kappa shape index (κ1) is 17.5. The Balaban J connectivity index is 1.88. The molecular formula is C19H17F2N3S. The molecule has 0 N–H and O–H groups in total. The molecule has 0 fully saturated rings. The van der Waals surface area contributed by atoms with E-state index in [-0.39, 0.29) is 4.75 Å². The highest BCUT2D eigenvalue weighted by molar-refractivity contribution is 8.09. The molecule has 0 radical (unpaired) electrons. The Morgan fingerprint density at radius 3 is 2.72 bits per heavy atom. The molecule has 1 heterocycles. The summed E-state index contributed by atoms with van der Waals surface area (Å²) < 4.78 is 27.5. The largest absolute Gasteiger partial charge is 0.207 e. The van der Waals surface area contributed by atoms with Crippen LogP contribution in [0.15, 0.2) is 59.7 Å². The number of hydrogen-bond acceptors (Lipinski definition) is 2. The van der Waals surface area contributed by atoms with Gasteiger partial charge in [-0.2, -0.15) is 0 Å². The summed E-state index contributed by atoms with van der Waals surface area (Å²) >= 11 is 1.56. The maximum absolute atomic E-state index is 14.2. The normalized spacial score (nSPS) is 19.4. The van der Waals surface area contributed by atoms with Crippen molar-refractivity contribution in [2.24, 2.45) is 5.11 Å². The molecule has 3 nitrogen and oxygen atoms in total. The fourth-order valence-electron chi connectivity index (χ4n) is 3.10. The second-order valence-electron chi connectivity index (χ2n) is 5.92. The highest BCUT2D eigenvalue weighted by Gasteiger charge is 2.37. The summed E-state index contributed by atoms with van der Waals surface area (Å²) in [6, 6.07) is 13.6. The number of rotatable bonds is 6. The average Bonchev–Trinajstić information content (AvgIpc) is 3.07. The van der Waals surface area contributed by atoms with Crippen LogP contribution in [0.1, 0.15) is 30.4 Å². The molecule has 0 spiro atoms. The maximum atomic E-state index is 14.2. The molecule has 6 heteroatoms. The van der Waals surface area contributed by atoms with Crippen LogP contribution < -0.4 is 0 Å². The van der Waals surface area contributed by atoms with Gasteiger partial charge < -0.3 is 0 Å². The lowest BCUT2D eigenvalue weighted by molar-refractivity contribution is 0.558. The predicted molar refractivity (Wildman–Crippen MR) is 97.9 cm³/mol. The third-order valence-corrected chi connectivity index (χ3v) is 5.92. The van der Waals surface area contributed by atoms with Crippen molar-refractivity contribution in [2.75, 3.05) is 6.54 Å².